The second-order valence-electron chi connectivity index (χ2n) is 11.4. The number of benzene rings is 2. The molecule has 0 spiro atoms. The standard InChI is InChI=1S/C33H37NO5S/c1-9-38-30(36)26-27(31(37)39-10-2)29(40-28(26)19(3)4)34-17-20-11-13-22-23-14-12-21(32(5,6)18-35)16-25(23)33(7,8)24(22)15-20/h11-19H,9-10H2,1-8H3/b34-17+. The largest absolute Gasteiger partial charge is 0.462 e. The van der Waals surface area contributed by atoms with Crippen molar-refractivity contribution in [2.45, 2.75) is 72.1 Å². The number of carbonyl (C=O) groups excluding carboxylic acids is 3. The summed E-state index contributed by atoms with van der Waals surface area (Å²) in [6.45, 7) is 16.0. The fraction of sp³-hybridized carbons (Fsp3) is 0.394. The number of fused-ring (bicyclic) bond motifs is 3. The van der Waals surface area contributed by atoms with Gasteiger partial charge in [0.1, 0.15) is 16.9 Å². The smallest absolute Gasteiger partial charge is 0.342 e. The first kappa shape index (κ1) is 29.4. The molecule has 0 fully saturated rings. The van der Waals surface area contributed by atoms with Gasteiger partial charge in [-0.15, -0.1) is 11.3 Å². The summed E-state index contributed by atoms with van der Waals surface area (Å²) < 4.78 is 10.6. The van der Waals surface area contributed by atoms with E-state index >= 15 is 0 Å². The van der Waals surface area contributed by atoms with Crippen molar-refractivity contribution in [3.63, 3.8) is 0 Å². The predicted octanol–water partition coefficient (Wildman–Crippen LogP) is 7.76. The van der Waals surface area contributed by atoms with Crippen molar-refractivity contribution in [1.82, 2.24) is 0 Å². The number of nitrogens with zero attached hydrogens (tertiary/aromatic N) is 1. The van der Waals surface area contributed by atoms with Crippen LogP contribution in [0.5, 0.6) is 0 Å². The lowest BCUT2D eigenvalue weighted by molar-refractivity contribution is -0.111. The van der Waals surface area contributed by atoms with E-state index in [0.29, 0.717) is 5.00 Å². The molecule has 0 aliphatic heterocycles. The van der Waals surface area contributed by atoms with Crippen molar-refractivity contribution in [1.29, 1.82) is 0 Å². The van der Waals surface area contributed by atoms with Gasteiger partial charge >= 0.3 is 11.9 Å². The molecule has 1 aliphatic rings. The summed E-state index contributed by atoms with van der Waals surface area (Å²) in [5.74, 6) is -1.13. The molecule has 0 amide bonds. The van der Waals surface area contributed by atoms with Gasteiger partial charge in [0.25, 0.3) is 0 Å². The number of hydrogen-bond acceptors (Lipinski definition) is 7. The van der Waals surface area contributed by atoms with E-state index in [1.165, 1.54) is 22.5 Å². The van der Waals surface area contributed by atoms with Gasteiger partial charge in [-0.25, -0.2) is 14.6 Å². The van der Waals surface area contributed by atoms with Crippen LogP contribution in [0.15, 0.2) is 41.4 Å². The monoisotopic (exact) mass is 559 g/mol. The Morgan fingerprint density at radius 3 is 2.10 bits per heavy atom. The highest BCUT2D eigenvalue weighted by atomic mass is 32.1. The minimum absolute atomic E-state index is 0.00471. The highest BCUT2D eigenvalue weighted by Crippen LogP contribution is 2.50. The lowest BCUT2D eigenvalue weighted by atomic mass is 9.78. The van der Waals surface area contributed by atoms with E-state index in [9.17, 15) is 14.4 Å². The Labute approximate surface area is 240 Å². The van der Waals surface area contributed by atoms with Crippen LogP contribution < -0.4 is 0 Å². The highest BCUT2D eigenvalue weighted by Gasteiger charge is 2.37. The molecular formula is C33H37NO5S. The molecule has 0 bridgehead atoms. The van der Waals surface area contributed by atoms with E-state index in [2.05, 4.69) is 38.1 Å². The second-order valence-corrected chi connectivity index (χ2v) is 12.4. The van der Waals surface area contributed by atoms with Gasteiger partial charge in [-0.05, 0) is 73.1 Å². The summed E-state index contributed by atoms with van der Waals surface area (Å²) in [5, 5.41) is 0.425. The van der Waals surface area contributed by atoms with Gasteiger partial charge in [-0.1, -0.05) is 58.0 Å². The Morgan fingerprint density at radius 1 is 0.950 bits per heavy atom. The molecule has 0 atom stereocenters. The van der Waals surface area contributed by atoms with Crippen molar-refractivity contribution < 1.29 is 23.9 Å². The van der Waals surface area contributed by atoms with Gasteiger partial charge in [-0.2, -0.15) is 0 Å². The van der Waals surface area contributed by atoms with Gasteiger partial charge in [0, 0.05) is 21.9 Å². The van der Waals surface area contributed by atoms with Crippen LogP contribution in [0.25, 0.3) is 11.1 Å². The van der Waals surface area contributed by atoms with Crippen molar-refractivity contribution in [2.75, 3.05) is 13.2 Å². The third-order valence-corrected chi connectivity index (χ3v) is 8.87. The number of hydrogen-bond donors (Lipinski definition) is 0. The molecule has 0 radical (unpaired) electrons. The van der Waals surface area contributed by atoms with Crippen LogP contribution in [-0.4, -0.2) is 37.7 Å². The van der Waals surface area contributed by atoms with Gasteiger partial charge < -0.3 is 14.3 Å². The molecule has 210 valence electrons. The Kier molecular flexibility index (Phi) is 8.18. The Hall–Kier alpha value is -3.58. The van der Waals surface area contributed by atoms with E-state index in [1.54, 1.807) is 20.1 Å². The predicted molar refractivity (Wildman–Crippen MR) is 161 cm³/mol. The topological polar surface area (TPSA) is 82.0 Å². The minimum atomic E-state index is -0.583. The fourth-order valence-corrected chi connectivity index (χ4v) is 6.29. The third-order valence-electron chi connectivity index (χ3n) is 7.47. The number of esters is 2. The van der Waals surface area contributed by atoms with Crippen LogP contribution >= 0.6 is 11.3 Å². The molecule has 0 N–H and O–H groups in total. The second kappa shape index (κ2) is 11.1. The molecule has 0 saturated heterocycles. The molecule has 2 aromatic carbocycles. The molecule has 0 unspecified atom stereocenters. The van der Waals surface area contributed by atoms with Crippen LogP contribution in [-0.2, 0) is 25.1 Å². The van der Waals surface area contributed by atoms with E-state index in [0.717, 1.165) is 33.4 Å². The highest BCUT2D eigenvalue weighted by molar-refractivity contribution is 7.16. The third kappa shape index (κ3) is 5.15. The zero-order chi connectivity index (χ0) is 29.4. The van der Waals surface area contributed by atoms with Gasteiger partial charge in [0.05, 0.1) is 18.8 Å². The Bertz CT molecular complexity index is 1510. The lowest BCUT2D eigenvalue weighted by Gasteiger charge is -2.24. The maximum atomic E-state index is 13.0. The molecule has 4 rings (SSSR count). The van der Waals surface area contributed by atoms with Crippen molar-refractivity contribution in [3.05, 3.63) is 74.7 Å². The maximum Gasteiger partial charge on any atom is 0.342 e. The Morgan fingerprint density at radius 2 is 1.52 bits per heavy atom. The molecule has 0 saturated carbocycles. The summed E-state index contributed by atoms with van der Waals surface area (Å²) in [6.07, 6.45) is 2.72. The summed E-state index contributed by atoms with van der Waals surface area (Å²) in [7, 11) is 0. The first-order valence-corrected chi connectivity index (χ1v) is 14.5. The average Bonchev–Trinajstić information content (AvgIpc) is 3.41. The zero-order valence-corrected chi connectivity index (χ0v) is 25.3. The molecule has 7 heteroatoms. The average molecular weight is 560 g/mol. The van der Waals surface area contributed by atoms with Crippen molar-refractivity contribution >= 4 is 40.8 Å². The van der Waals surface area contributed by atoms with Crippen LogP contribution in [0.3, 0.4) is 0 Å². The maximum absolute atomic E-state index is 13.0. The van der Waals surface area contributed by atoms with Crippen LogP contribution in [0, 0.1) is 0 Å². The normalized spacial score (nSPS) is 13.8. The van der Waals surface area contributed by atoms with Crippen molar-refractivity contribution in [2.24, 2.45) is 4.99 Å². The van der Waals surface area contributed by atoms with E-state index in [1.807, 2.05) is 39.8 Å². The van der Waals surface area contributed by atoms with Gasteiger partial charge in [0.2, 0.25) is 0 Å². The number of thiophene rings is 1. The fourth-order valence-electron chi connectivity index (χ4n) is 5.17. The minimum Gasteiger partial charge on any atom is -0.462 e. The summed E-state index contributed by atoms with van der Waals surface area (Å²) >= 11 is 1.31. The van der Waals surface area contributed by atoms with E-state index in [-0.39, 0.29) is 35.7 Å². The van der Waals surface area contributed by atoms with Crippen molar-refractivity contribution in [3.8, 4) is 11.1 Å². The number of ether oxygens (including phenoxy) is 2. The molecule has 1 heterocycles. The molecule has 3 aromatic rings. The molecule has 1 aliphatic carbocycles. The van der Waals surface area contributed by atoms with Crippen LogP contribution in [0.4, 0.5) is 5.00 Å². The SMILES string of the molecule is CCOC(=O)c1c(/N=C/c2ccc3c(c2)C(C)(C)c2cc(C(C)(C)C=O)ccc2-3)sc(C(C)C)c1C(=O)OCC. The number of carbonyl (C=O) groups is 3. The first-order valence-electron chi connectivity index (χ1n) is 13.7. The van der Waals surface area contributed by atoms with E-state index < -0.39 is 17.4 Å². The molecular weight excluding hydrogens is 522 g/mol. The van der Waals surface area contributed by atoms with Gasteiger partial charge in [-0.3, -0.25) is 0 Å². The number of aldehydes is 1. The van der Waals surface area contributed by atoms with Crippen LogP contribution in [0.1, 0.15) is 109 Å². The molecule has 1 aromatic heterocycles. The zero-order valence-electron chi connectivity index (χ0n) is 24.5. The molecule has 6 nitrogen and oxygen atoms in total. The van der Waals surface area contributed by atoms with Crippen LogP contribution in [0.2, 0.25) is 0 Å². The lowest BCUT2D eigenvalue weighted by Crippen LogP contribution is -2.21. The Balaban J connectivity index is 1.77. The summed E-state index contributed by atoms with van der Waals surface area (Å²) in [6, 6.07) is 12.5. The number of rotatable bonds is 9. The first-order chi connectivity index (χ1) is 18.9. The number of aliphatic imine (C=N–C) groups is 1. The summed E-state index contributed by atoms with van der Waals surface area (Å²) in [4.78, 5) is 43.1. The van der Waals surface area contributed by atoms with E-state index in [4.69, 9.17) is 14.5 Å². The summed E-state index contributed by atoms with van der Waals surface area (Å²) in [5.41, 5.74) is 6.10. The quantitative estimate of drug-likeness (QED) is 0.152. The van der Waals surface area contributed by atoms with Gasteiger partial charge in [0.15, 0.2) is 0 Å². The molecule has 40 heavy (non-hydrogen) atoms.